The summed E-state index contributed by atoms with van der Waals surface area (Å²) < 4.78 is 5.37. The largest absolute Gasteiger partial charge is 0.467 e. The van der Waals surface area contributed by atoms with Gasteiger partial charge in [0, 0.05) is 5.69 Å². The number of hydrogen-bond donors (Lipinski definition) is 1. The zero-order chi connectivity index (χ0) is 11.4. The third kappa shape index (κ3) is 2.45. The molecule has 0 saturated carbocycles. The van der Waals surface area contributed by atoms with Gasteiger partial charge in [-0.25, -0.2) is 0 Å². The van der Waals surface area contributed by atoms with E-state index < -0.39 is 0 Å². The van der Waals surface area contributed by atoms with E-state index in [-0.39, 0.29) is 0 Å². The third-order valence-corrected chi connectivity index (χ3v) is 2.78. The topological polar surface area (TPSA) is 25.2 Å². The fourth-order valence-corrected chi connectivity index (χ4v) is 1.63. The summed E-state index contributed by atoms with van der Waals surface area (Å²) in [5.41, 5.74) is 3.69. The molecule has 1 heterocycles. The van der Waals surface area contributed by atoms with Crippen LogP contribution in [-0.4, -0.2) is 0 Å². The maximum atomic E-state index is 5.37. The van der Waals surface area contributed by atoms with Gasteiger partial charge in [-0.15, -0.1) is 0 Å². The SMILES string of the molecule is CCc1ccc(NCc2occc2C)cc1. The van der Waals surface area contributed by atoms with Gasteiger partial charge in [0.25, 0.3) is 0 Å². The van der Waals surface area contributed by atoms with Gasteiger partial charge in [-0.2, -0.15) is 0 Å². The molecule has 2 heteroatoms. The van der Waals surface area contributed by atoms with Gasteiger partial charge >= 0.3 is 0 Å². The first-order valence-electron chi connectivity index (χ1n) is 5.65. The molecule has 2 rings (SSSR count). The molecule has 0 radical (unpaired) electrons. The second-order valence-corrected chi connectivity index (χ2v) is 3.93. The highest BCUT2D eigenvalue weighted by Gasteiger charge is 2.00. The van der Waals surface area contributed by atoms with E-state index in [0.717, 1.165) is 24.4 Å². The molecule has 0 unspecified atom stereocenters. The maximum Gasteiger partial charge on any atom is 0.125 e. The minimum absolute atomic E-state index is 0.740. The van der Waals surface area contributed by atoms with Gasteiger partial charge in [0.1, 0.15) is 5.76 Å². The van der Waals surface area contributed by atoms with E-state index in [1.165, 1.54) is 11.1 Å². The van der Waals surface area contributed by atoms with Crippen molar-refractivity contribution in [2.24, 2.45) is 0 Å². The van der Waals surface area contributed by atoms with Crippen LogP contribution in [0.15, 0.2) is 41.0 Å². The highest BCUT2D eigenvalue weighted by molar-refractivity contribution is 5.45. The minimum Gasteiger partial charge on any atom is -0.467 e. The lowest BCUT2D eigenvalue weighted by Crippen LogP contribution is -1.99. The number of nitrogens with one attached hydrogen (secondary N) is 1. The van der Waals surface area contributed by atoms with Gasteiger partial charge in [0.2, 0.25) is 0 Å². The molecule has 0 aliphatic heterocycles. The Labute approximate surface area is 96.3 Å². The summed E-state index contributed by atoms with van der Waals surface area (Å²) in [4.78, 5) is 0. The van der Waals surface area contributed by atoms with Crippen molar-refractivity contribution in [2.75, 3.05) is 5.32 Å². The summed E-state index contributed by atoms with van der Waals surface area (Å²) in [5.74, 6) is 1.000. The third-order valence-electron chi connectivity index (χ3n) is 2.78. The van der Waals surface area contributed by atoms with Crippen LogP contribution in [0, 0.1) is 6.92 Å². The molecular weight excluding hydrogens is 198 g/mol. The van der Waals surface area contributed by atoms with Crippen molar-refractivity contribution >= 4 is 5.69 Å². The van der Waals surface area contributed by atoms with E-state index in [0.29, 0.717) is 0 Å². The Morgan fingerprint density at radius 3 is 2.44 bits per heavy atom. The average Bonchev–Trinajstić information content (AvgIpc) is 2.73. The van der Waals surface area contributed by atoms with Gasteiger partial charge in [0.15, 0.2) is 0 Å². The molecule has 1 N–H and O–H groups in total. The second-order valence-electron chi connectivity index (χ2n) is 3.93. The Balaban J connectivity index is 1.97. The van der Waals surface area contributed by atoms with E-state index in [4.69, 9.17) is 4.42 Å². The summed E-state index contributed by atoms with van der Waals surface area (Å²) in [6.07, 6.45) is 2.81. The Morgan fingerprint density at radius 2 is 1.88 bits per heavy atom. The number of rotatable bonds is 4. The van der Waals surface area contributed by atoms with Crippen LogP contribution in [0.4, 0.5) is 5.69 Å². The lowest BCUT2D eigenvalue weighted by molar-refractivity contribution is 0.515. The van der Waals surface area contributed by atoms with Gasteiger partial charge in [-0.1, -0.05) is 19.1 Å². The van der Waals surface area contributed by atoms with E-state index in [2.05, 4.69) is 43.4 Å². The zero-order valence-corrected chi connectivity index (χ0v) is 9.79. The van der Waals surface area contributed by atoms with Crippen LogP contribution >= 0.6 is 0 Å². The molecule has 16 heavy (non-hydrogen) atoms. The van der Waals surface area contributed by atoms with Crippen LogP contribution in [0.1, 0.15) is 23.8 Å². The summed E-state index contributed by atoms with van der Waals surface area (Å²) in [6.45, 7) is 4.96. The first-order chi connectivity index (χ1) is 7.79. The number of furan rings is 1. The van der Waals surface area contributed by atoms with Gasteiger partial charge in [0.05, 0.1) is 12.8 Å². The first-order valence-corrected chi connectivity index (χ1v) is 5.65. The Kier molecular flexibility index (Phi) is 3.30. The highest BCUT2D eigenvalue weighted by atomic mass is 16.3. The van der Waals surface area contributed by atoms with E-state index in [9.17, 15) is 0 Å². The van der Waals surface area contributed by atoms with Gasteiger partial charge < -0.3 is 9.73 Å². The molecule has 84 valence electrons. The number of aryl methyl sites for hydroxylation is 2. The zero-order valence-electron chi connectivity index (χ0n) is 9.79. The Bertz CT molecular complexity index is 442. The molecule has 1 aromatic carbocycles. The fraction of sp³-hybridized carbons (Fsp3) is 0.286. The monoisotopic (exact) mass is 215 g/mol. The number of anilines is 1. The second kappa shape index (κ2) is 4.88. The Morgan fingerprint density at radius 1 is 1.12 bits per heavy atom. The fourth-order valence-electron chi connectivity index (χ4n) is 1.63. The molecule has 0 aliphatic carbocycles. The Hall–Kier alpha value is -1.70. The molecule has 1 aromatic heterocycles. The van der Waals surface area contributed by atoms with Crippen molar-refractivity contribution in [3.8, 4) is 0 Å². The van der Waals surface area contributed by atoms with E-state index in [1.807, 2.05) is 6.07 Å². The predicted molar refractivity (Wildman–Crippen MR) is 66.6 cm³/mol. The van der Waals surface area contributed by atoms with Crippen LogP contribution in [0.2, 0.25) is 0 Å². The predicted octanol–water partition coefficient (Wildman–Crippen LogP) is 3.76. The molecule has 0 saturated heterocycles. The van der Waals surface area contributed by atoms with Crippen molar-refractivity contribution in [3.63, 3.8) is 0 Å². The molecule has 0 fully saturated rings. The molecule has 2 aromatic rings. The van der Waals surface area contributed by atoms with Gasteiger partial charge in [-0.3, -0.25) is 0 Å². The minimum atomic E-state index is 0.740. The molecule has 0 amide bonds. The lowest BCUT2D eigenvalue weighted by Gasteiger charge is -2.05. The molecule has 2 nitrogen and oxygen atoms in total. The van der Waals surface area contributed by atoms with Crippen LogP contribution in [0.25, 0.3) is 0 Å². The van der Waals surface area contributed by atoms with Crippen LogP contribution in [-0.2, 0) is 13.0 Å². The molecule has 0 atom stereocenters. The normalized spacial score (nSPS) is 10.4. The van der Waals surface area contributed by atoms with E-state index >= 15 is 0 Å². The standard InChI is InChI=1S/C14H17NO/c1-3-12-4-6-13(7-5-12)15-10-14-11(2)8-9-16-14/h4-9,15H,3,10H2,1-2H3. The first kappa shape index (κ1) is 10.8. The van der Waals surface area contributed by atoms with Crippen molar-refractivity contribution in [2.45, 2.75) is 26.8 Å². The summed E-state index contributed by atoms with van der Waals surface area (Å²) in [6, 6.07) is 10.5. The average molecular weight is 215 g/mol. The van der Waals surface area contributed by atoms with Crippen molar-refractivity contribution in [3.05, 3.63) is 53.5 Å². The maximum absolute atomic E-state index is 5.37. The number of hydrogen-bond acceptors (Lipinski definition) is 2. The number of benzene rings is 1. The summed E-state index contributed by atoms with van der Waals surface area (Å²) in [5, 5.41) is 3.35. The summed E-state index contributed by atoms with van der Waals surface area (Å²) >= 11 is 0. The van der Waals surface area contributed by atoms with Crippen LogP contribution in [0.5, 0.6) is 0 Å². The quantitative estimate of drug-likeness (QED) is 0.840. The van der Waals surface area contributed by atoms with Crippen LogP contribution in [0.3, 0.4) is 0 Å². The van der Waals surface area contributed by atoms with E-state index in [1.54, 1.807) is 6.26 Å². The van der Waals surface area contributed by atoms with Crippen molar-refractivity contribution < 1.29 is 4.42 Å². The van der Waals surface area contributed by atoms with Crippen LogP contribution < -0.4 is 5.32 Å². The molecular formula is C14H17NO. The molecule has 0 bridgehead atoms. The van der Waals surface area contributed by atoms with Crippen molar-refractivity contribution in [1.82, 2.24) is 0 Å². The molecule has 0 spiro atoms. The smallest absolute Gasteiger partial charge is 0.125 e. The van der Waals surface area contributed by atoms with Crippen molar-refractivity contribution in [1.29, 1.82) is 0 Å². The van der Waals surface area contributed by atoms with Gasteiger partial charge in [-0.05, 0) is 42.7 Å². The lowest BCUT2D eigenvalue weighted by atomic mass is 10.1. The highest BCUT2D eigenvalue weighted by Crippen LogP contribution is 2.14. The summed E-state index contributed by atoms with van der Waals surface area (Å²) in [7, 11) is 0. The molecule has 0 aliphatic rings.